The van der Waals surface area contributed by atoms with Crippen molar-refractivity contribution in [1.29, 1.82) is 0 Å². The van der Waals surface area contributed by atoms with E-state index >= 15 is 0 Å². The van der Waals surface area contributed by atoms with Crippen LogP contribution in [0, 0.1) is 0 Å². The molecule has 3 rings (SSSR count). The van der Waals surface area contributed by atoms with Gasteiger partial charge < -0.3 is 10.3 Å². The summed E-state index contributed by atoms with van der Waals surface area (Å²) < 4.78 is 6.33. The van der Waals surface area contributed by atoms with Crippen LogP contribution in [0.25, 0.3) is 22.5 Å². The van der Waals surface area contributed by atoms with Crippen molar-refractivity contribution < 1.29 is 4.52 Å². The number of nitrogens with two attached hydrogens (primary N) is 1. The Balaban J connectivity index is 2.20. The van der Waals surface area contributed by atoms with Crippen LogP contribution < -0.4 is 5.73 Å². The monoisotopic (exact) mass is 348 g/mol. The molecule has 3 nitrogen and oxygen atoms in total. The van der Waals surface area contributed by atoms with Crippen LogP contribution in [0.2, 0.25) is 5.02 Å². The molecule has 0 atom stereocenters. The first-order chi connectivity index (χ1) is 9.66. The molecule has 0 aliphatic rings. The zero-order valence-corrected chi connectivity index (χ0v) is 12.6. The normalized spacial score (nSPS) is 10.7. The van der Waals surface area contributed by atoms with Crippen LogP contribution in [0.15, 0.2) is 57.5 Å². The number of nitrogen functional groups attached to an aromatic ring is 1. The summed E-state index contributed by atoms with van der Waals surface area (Å²) in [6.07, 6.45) is 0. The largest absolute Gasteiger partial charge is 0.380 e. The van der Waals surface area contributed by atoms with E-state index in [9.17, 15) is 0 Å². The van der Waals surface area contributed by atoms with Crippen LogP contribution in [-0.4, -0.2) is 5.16 Å². The minimum absolute atomic E-state index is 0.363. The van der Waals surface area contributed by atoms with Gasteiger partial charge in [-0.05, 0) is 30.3 Å². The molecule has 1 heterocycles. The zero-order chi connectivity index (χ0) is 14.1. The molecule has 20 heavy (non-hydrogen) atoms. The van der Waals surface area contributed by atoms with Crippen molar-refractivity contribution in [2.45, 2.75) is 0 Å². The van der Waals surface area contributed by atoms with Gasteiger partial charge in [0.15, 0.2) is 11.6 Å². The number of rotatable bonds is 2. The Morgan fingerprint density at radius 1 is 1.05 bits per heavy atom. The van der Waals surface area contributed by atoms with Crippen LogP contribution in [0.3, 0.4) is 0 Å². The van der Waals surface area contributed by atoms with Crippen molar-refractivity contribution in [3.05, 3.63) is 58.0 Å². The summed E-state index contributed by atoms with van der Waals surface area (Å²) in [4.78, 5) is 0. The minimum Gasteiger partial charge on any atom is -0.380 e. The minimum atomic E-state index is 0.363. The summed E-state index contributed by atoms with van der Waals surface area (Å²) in [6, 6.07) is 15.2. The van der Waals surface area contributed by atoms with Crippen LogP contribution >= 0.6 is 27.5 Å². The molecule has 0 saturated carbocycles. The van der Waals surface area contributed by atoms with Crippen LogP contribution in [0.5, 0.6) is 0 Å². The molecule has 0 radical (unpaired) electrons. The van der Waals surface area contributed by atoms with Crippen molar-refractivity contribution in [3.8, 4) is 22.5 Å². The highest BCUT2D eigenvalue weighted by molar-refractivity contribution is 9.10. The Labute approximate surface area is 129 Å². The van der Waals surface area contributed by atoms with E-state index in [4.69, 9.17) is 21.9 Å². The maximum absolute atomic E-state index is 5.96. The SMILES string of the molecule is Nc1noc(-c2ccc(Cl)cc2)c1-c1ccccc1Br. The van der Waals surface area contributed by atoms with E-state index in [2.05, 4.69) is 21.1 Å². The maximum Gasteiger partial charge on any atom is 0.176 e. The fourth-order valence-corrected chi connectivity index (χ4v) is 2.63. The number of halogens is 2. The number of hydrogen-bond donors (Lipinski definition) is 1. The maximum atomic E-state index is 5.96. The van der Waals surface area contributed by atoms with E-state index in [1.165, 1.54) is 0 Å². The van der Waals surface area contributed by atoms with E-state index in [1.807, 2.05) is 36.4 Å². The molecule has 3 aromatic rings. The number of benzene rings is 2. The summed E-state index contributed by atoms with van der Waals surface area (Å²) in [5.41, 5.74) is 8.56. The Hall–Kier alpha value is -1.78. The van der Waals surface area contributed by atoms with Crippen molar-refractivity contribution in [2.75, 3.05) is 5.73 Å². The fraction of sp³-hybridized carbons (Fsp3) is 0. The molecule has 100 valence electrons. The molecule has 0 amide bonds. The summed E-state index contributed by atoms with van der Waals surface area (Å²) in [5.74, 6) is 0.993. The molecule has 0 unspecified atom stereocenters. The van der Waals surface area contributed by atoms with Crippen LogP contribution in [0.4, 0.5) is 5.82 Å². The molecule has 0 aliphatic carbocycles. The standard InChI is InChI=1S/C15H10BrClN2O/c16-12-4-2-1-3-11(12)13-14(20-19-15(13)18)9-5-7-10(17)8-6-9/h1-8H,(H2,18,19). The molecule has 0 fully saturated rings. The molecule has 0 bridgehead atoms. The Morgan fingerprint density at radius 2 is 1.75 bits per heavy atom. The van der Waals surface area contributed by atoms with Gasteiger partial charge in [-0.15, -0.1) is 0 Å². The number of hydrogen-bond acceptors (Lipinski definition) is 3. The first-order valence-corrected chi connectivity index (χ1v) is 7.10. The van der Waals surface area contributed by atoms with E-state index in [0.29, 0.717) is 16.6 Å². The summed E-state index contributed by atoms with van der Waals surface area (Å²) in [6.45, 7) is 0. The number of nitrogens with zero attached hydrogens (tertiary/aromatic N) is 1. The van der Waals surface area contributed by atoms with E-state index < -0.39 is 0 Å². The van der Waals surface area contributed by atoms with E-state index in [-0.39, 0.29) is 0 Å². The number of aromatic nitrogens is 1. The Kier molecular flexibility index (Phi) is 3.51. The third-order valence-electron chi connectivity index (χ3n) is 2.97. The van der Waals surface area contributed by atoms with Gasteiger partial charge in [-0.3, -0.25) is 0 Å². The smallest absolute Gasteiger partial charge is 0.176 e. The molecule has 2 aromatic carbocycles. The van der Waals surface area contributed by atoms with E-state index in [1.54, 1.807) is 12.1 Å². The van der Waals surface area contributed by atoms with Gasteiger partial charge in [0.25, 0.3) is 0 Å². The van der Waals surface area contributed by atoms with Crippen LogP contribution in [0.1, 0.15) is 0 Å². The molecule has 0 spiro atoms. The van der Waals surface area contributed by atoms with Gasteiger partial charge in [0, 0.05) is 20.6 Å². The third kappa shape index (κ3) is 2.32. The number of anilines is 1. The van der Waals surface area contributed by atoms with Crippen molar-refractivity contribution in [2.24, 2.45) is 0 Å². The lowest BCUT2D eigenvalue weighted by Crippen LogP contribution is -1.89. The summed E-state index contributed by atoms with van der Waals surface area (Å²) in [7, 11) is 0. The second-order valence-corrected chi connectivity index (χ2v) is 5.55. The van der Waals surface area contributed by atoms with Gasteiger partial charge in [0.05, 0.1) is 5.56 Å². The highest BCUT2D eigenvalue weighted by Gasteiger charge is 2.19. The third-order valence-corrected chi connectivity index (χ3v) is 3.91. The molecular formula is C15H10BrClN2O. The Bertz CT molecular complexity index is 753. The average molecular weight is 350 g/mol. The topological polar surface area (TPSA) is 52.0 Å². The second-order valence-electron chi connectivity index (χ2n) is 4.26. The average Bonchev–Trinajstić information content (AvgIpc) is 2.82. The van der Waals surface area contributed by atoms with Gasteiger partial charge in [-0.1, -0.05) is 50.9 Å². The summed E-state index contributed by atoms with van der Waals surface area (Å²) >= 11 is 9.43. The molecule has 2 N–H and O–H groups in total. The molecule has 1 aromatic heterocycles. The highest BCUT2D eigenvalue weighted by Crippen LogP contribution is 2.39. The predicted octanol–water partition coefficient (Wildman–Crippen LogP) is 5.01. The lowest BCUT2D eigenvalue weighted by molar-refractivity contribution is 0.436. The van der Waals surface area contributed by atoms with Crippen molar-refractivity contribution in [3.63, 3.8) is 0 Å². The van der Waals surface area contributed by atoms with Gasteiger partial charge >= 0.3 is 0 Å². The Morgan fingerprint density at radius 3 is 2.45 bits per heavy atom. The fourth-order valence-electron chi connectivity index (χ4n) is 2.02. The van der Waals surface area contributed by atoms with Gasteiger partial charge in [-0.25, -0.2) is 0 Å². The molecule has 0 aliphatic heterocycles. The first kappa shape index (κ1) is 13.2. The second kappa shape index (κ2) is 5.31. The lowest BCUT2D eigenvalue weighted by Gasteiger charge is -2.05. The predicted molar refractivity (Wildman–Crippen MR) is 84.5 cm³/mol. The van der Waals surface area contributed by atoms with Crippen molar-refractivity contribution >= 4 is 33.3 Å². The molecular weight excluding hydrogens is 340 g/mol. The lowest BCUT2D eigenvalue weighted by atomic mass is 10.0. The van der Waals surface area contributed by atoms with Crippen LogP contribution in [-0.2, 0) is 0 Å². The van der Waals surface area contributed by atoms with Gasteiger partial charge in [0.1, 0.15) is 0 Å². The summed E-state index contributed by atoms with van der Waals surface area (Å²) in [5, 5.41) is 4.55. The van der Waals surface area contributed by atoms with Gasteiger partial charge in [-0.2, -0.15) is 0 Å². The quantitative estimate of drug-likeness (QED) is 0.708. The molecule has 5 heteroatoms. The zero-order valence-electron chi connectivity index (χ0n) is 10.3. The van der Waals surface area contributed by atoms with Crippen molar-refractivity contribution in [1.82, 2.24) is 5.16 Å². The van der Waals surface area contributed by atoms with E-state index in [0.717, 1.165) is 21.2 Å². The molecule has 0 saturated heterocycles. The van der Waals surface area contributed by atoms with Gasteiger partial charge in [0.2, 0.25) is 0 Å². The highest BCUT2D eigenvalue weighted by atomic mass is 79.9. The first-order valence-electron chi connectivity index (χ1n) is 5.93.